The summed E-state index contributed by atoms with van der Waals surface area (Å²) in [4.78, 5) is 14.6. The van der Waals surface area contributed by atoms with Crippen LogP contribution >= 0.6 is 0 Å². The molecule has 28 heavy (non-hydrogen) atoms. The van der Waals surface area contributed by atoms with Gasteiger partial charge in [0.05, 0.1) is 12.2 Å². The number of nitrogens with zero attached hydrogens (tertiary/aromatic N) is 1. The Kier molecular flexibility index (Phi) is 11.5. The van der Waals surface area contributed by atoms with Crippen LogP contribution in [0.4, 0.5) is 0 Å². The van der Waals surface area contributed by atoms with Gasteiger partial charge in [-0.25, -0.2) is 0 Å². The molecule has 1 saturated heterocycles. The quantitative estimate of drug-likeness (QED) is 0.415. The van der Waals surface area contributed by atoms with Gasteiger partial charge in [0, 0.05) is 13.6 Å². The van der Waals surface area contributed by atoms with Crippen LogP contribution in [0.3, 0.4) is 0 Å². The lowest BCUT2D eigenvalue weighted by Gasteiger charge is -2.43. The van der Waals surface area contributed by atoms with Gasteiger partial charge in [-0.2, -0.15) is 0 Å². The molecular weight excluding hydrogens is 364 g/mol. The van der Waals surface area contributed by atoms with Crippen LogP contribution in [0.15, 0.2) is 0 Å². The molecule has 166 valence electrons. The van der Waals surface area contributed by atoms with Crippen LogP contribution < -0.4 is 5.32 Å². The normalized spacial score (nSPS) is 28.1. The molecule has 0 aliphatic carbocycles. The number of carbonyl (C=O) groups is 1. The van der Waals surface area contributed by atoms with E-state index in [1.165, 1.54) is 0 Å². The molecule has 3 N–H and O–H groups in total. The van der Waals surface area contributed by atoms with Gasteiger partial charge in [0.25, 0.3) is 5.91 Å². The summed E-state index contributed by atoms with van der Waals surface area (Å²) in [7, 11) is 3.66. The van der Waals surface area contributed by atoms with Gasteiger partial charge in [0.15, 0.2) is 12.4 Å². The Morgan fingerprint density at radius 2 is 1.64 bits per heavy atom. The van der Waals surface area contributed by atoms with Gasteiger partial charge >= 0.3 is 0 Å². The highest BCUT2D eigenvalue weighted by Crippen LogP contribution is 2.27. The fourth-order valence-electron chi connectivity index (χ4n) is 3.21. The molecule has 0 saturated carbocycles. The van der Waals surface area contributed by atoms with Gasteiger partial charge in [-0.15, -0.1) is 0 Å². The van der Waals surface area contributed by atoms with Crippen molar-refractivity contribution in [2.75, 3.05) is 27.2 Å². The lowest BCUT2D eigenvalue weighted by atomic mass is 9.97. The molecular formula is C20H40N2O6. The maximum Gasteiger partial charge on any atom is 0.254 e. The summed E-state index contributed by atoms with van der Waals surface area (Å²) in [6, 6.07) is 0. The number of likely N-dealkylation sites (N-methyl/N-ethyl adjacent to an activating group) is 1. The first-order valence-electron chi connectivity index (χ1n) is 10.4. The number of hydrogen-bond donors (Lipinski definition) is 3. The van der Waals surface area contributed by atoms with E-state index < -0.39 is 30.7 Å². The largest absolute Gasteiger partial charge is 0.387 e. The van der Waals surface area contributed by atoms with E-state index in [1.807, 2.05) is 20.9 Å². The predicted octanol–water partition coefficient (Wildman–Crippen LogP) is 0.890. The predicted molar refractivity (Wildman–Crippen MR) is 107 cm³/mol. The molecule has 0 aromatic heterocycles. The Labute approximate surface area is 169 Å². The topological polar surface area (TPSA) is 100 Å². The van der Waals surface area contributed by atoms with Crippen molar-refractivity contribution in [2.24, 2.45) is 0 Å². The molecule has 0 aromatic rings. The van der Waals surface area contributed by atoms with E-state index in [-0.39, 0.29) is 18.1 Å². The summed E-state index contributed by atoms with van der Waals surface area (Å²) in [5.74, 6) is -0.274. The fraction of sp³-hybridized carbons (Fsp3) is 0.950. The van der Waals surface area contributed by atoms with E-state index in [0.29, 0.717) is 6.54 Å². The fourth-order valence-corrected chi connectivity index (χ4v) is 3.21. The second-order valence-corrected chi connectivity index (χ2v) is 8.02. The Morgan fingerprint density at radius 3 is 2.21 bits per heavy atom. The number of aliphatic hydroxyl groups is 2. The smallest absolute Gasteiger partial charge is 0.254 e. The highest BCUT2D eigenvalue weighted by molar-refractivity contribution is 5.81. The SMILES string of the molecule is CNCCCCCCN(C)C(=O)C1O[C@@H](OC(C)C)[C@@H](O)[C@@H](O)[C@H]1OC(C)C. The number of unbranched alkanes of at least 4 members (excludes halogenated alkanes) is 3. The second-order valence-electron chi connectivity index (χ2n) is 8.02. The maximum atomic E-state index is 13.0. The van der Waals surface area contributed by atoms with Crippen molar-refractivity contribution in [3.63, 3.8) is 0 Å². The van der Waals surface area contributed by atoms with E-state index in [4.69, 9.17) is 14.2 Å². The standard InChI is InChI=1S/C20H40N2O6/c1-13(2)26-17-15(23)16(24)20(27-14(3)4)28-18(17)19(25)22(6)12-10-8-7-9-11-21-5/h13-18,20-21,23-24H,7-12H2,1-6H3/t15-,16+,17-,18?,20-/m1/s1. The van der Waals surface area contributed by atoms with Gasteiger partial charge in [0.2, 0.25) is 0 Å². The first-order chi connectivity index (χ1) is 13.2. The highest BCUT2D eigenvalue weighted by Gasteiger charge is 2.49. The van der Waals surface area contributed by atoms with E-state index in [1.54, 1.807) is 25.8 Å². The first kappa shape index (κ1) is 25.3. The second kappa shape index (κ2) is 12.7. The molecule has 5 atom stereocenters. The molecule has 1 aliphatic heterocycles. The number of rotatable bonds is 12. The summed E-state index contributed by atoms with van der Waals surface area (Å²) in [6.45, 7) is 8.82. The van der Waals surface area contributed by atoms with Crippen LogP contribution in [0.2, 0.25) is 0 Å². The zero-order valence-corrected chi connectivity index (χ0v) is 18.3. The molecule has 0 aromatic carbocycles. The van der Waals surface area contributed by atoms with Crippen molar-refractivity contribution in [3.05, 3.63) is 0 Å². The Hall–Kier alpha value is -0.770. The van der Waals surface area contributed by atoms with Crippen molar-refractivity contribution < 1.29 is 29.2 Å². The Balaban J connectivity index is 2.74. The van der Waals surface area contributed by atoms with Crippen molar-refractivity contribution in [1.29, 1.82) is 0 Å². The van der Waals surface area contributed by atoms with Crippen LogP contribution in [0.5, 0.6) is 0 Å². The molecule has 1 unspecified atom stereocenters. The summed E-state index contributed by atoms with van der Waals surface area (Å²) in [5.41, 5.74) is 0. The molecule has 1 amide bonds. The zero-order chi connectivity index (χ0) is 21.3. The van der Waals surface area contributed by atoms with Gasteiger partial charge in [0.1, 0.15) is 18.3 Å². The third-order valence-corrected chi connectivity index (χ3v) is 4.67. The summed E-state index contributed by atoms with van der Waals surface area (Å²) >= 11 is 0. The minimum absolute atomic E-state index is 0.222. The number of nitrogens with one attached hydrogen (secondary N) is 1. The van der Waals surface area contributed by atoms with E-state index >= 15 is 0 Å². The number of amides is 1. The molecule has 1 aliphatic rings. The van der Waals surface area contributed by atoms with Gasteiger partial charge in [-0.3, -0.25) is 4.79 Å². The van der Waals surface area contributed by atoms with Crippen molar-refractivity contribution >= 4 is 5.91 Å². The molecule has 1 rings (SSSR count). The minimum atomic E-state index is -1.28. The average Bonchev–Trinajstić information content (AvgIpc) is 2.62. The molecule has 1 heterocycles. The van der Waals surface area contributed by atoms with Gasteiger partial charge in [-0.05, 0) is 54.1 Å². The van der Waals surface area contributed by atoms with Crippen molar-refractivity contribution in [2.45, 2.75) is 96.3 Å². The average molecular weight is 405 g/mol. The summed E-state index contributed by atoms with van der Waals surface area (Å²) in [5, 5.41) is 24.0. The van der Waals surface area contributed by atoms with Crippen LogP contribution in [-0.4, -0.2) is 91.1 Å². The summed E-state index contributed by atoms with van der Waals surface area (Å²) in [6.07, 6.45) is -1.91. The van der Waals surface area contributed by atoms with E-state index in [9.17, 15) is 15.0 Å². The van der Waals surface area contributed by atoms with Gasteiger partial charge in [-0.1, -0.05) is 12.8 Å². The van der Waals surface area contributed by atoms with Crippen LogP contribution in [-0.2, 0) is 19.0 Å². The van der Waals surface area contributed by atoms with Crippen molar-refractivity contribution in [3.8, 4) is 0 Å². The molecule has 1 fully saturated rings. The number of hydrogen-bond acceptors (Lipinski definition) is 7. The lowest BCUT2D eigenvalue weighted by molar-refractivity contribution is -0.309. The number of aliphatic hydroxyl groups excluding tert-OH is 2. The number of ether oxygens (including phenoxy) is 3. The first-order valence-corrected chi connectivity index (χ1v) is 10.4. The van der Waals surface area contributed by atoms with Gasteiger partial charge < -0.3 is 34.6 Å². The monoisotopic (exact) mass is 404 g/mol. The maximum absolute atomic E-state index is 13.0. The highest BCUT2D eigenvalue weighted by atomic mass is 16.7. The molecule has 0 spiro atoms. The molecule has 0 bridgehead atoms. The van der Waals surface area contributed by atoms with Crippen molar-refractivity contribution in [1.82, 2.24) is 10.2 Å². The molecule has 8 heteroatoms. The van der Waals surface area contributed by atoms with E-state index in [2.05, 4.69) is 5.32 Å². The zero-order valence-electron chi connectivity index (χ0n) is 18.3. The lowest BCUT2D eigenvalue weighted by Crippen LogP contribution is -2.63. The molecule has 8 nitrogen and oxygen atoms in total. The Bertz CT molecular complexity index is 448. The van der Waals surface area contributed by atoms with Crippen LogP contribution in [0, 0.1) is 0 Å². The number of carbonyl (C=O) groups excluding carboxylic acids is 1. The third kappa shape index (κ3) is 7.93. The Morgan fingerprint density at radius 1 is 1.04 bits per heavy atom. The minimum Gasteiger partial charge on any atom is -0.387 e. The van der Waals surface area contributed by atoms with Crippen LogP contribution in [0.25, 0.3) is 0 Å². The summed E-state index contributed by atoms with van der Waals surface area (Å²) < 4.78 is 17.1. The van der Waals surface area contributed by atoms with E-state index in [0.717, 1.165) is 32.2 Å². The molecule has 0 radical (unpaired) electrons. The third-order valence-electron chi connectivity index (χ3n) is 4.67. The van der Waals surface area contributed by atoms with Crippen LogP contribution in [0.1, 0.15) is 53.4 Å².